The van der Waals surface area contributed by atoms with Gasteiger partial charge < -0.3 is 0 Å². The van der Waals surface area contributed by atoms with Crippen LogP contribution in [0.25, 0.3) is 10.8 Å². The zero-order chi connectivity index (χ0) is 10.1. The van der Waals surface area contributed by atoms with Crippen molar-refractivity contribution in [2.75, 3.05) is 0 Å². The molecule has 0 fully saturated rings. The summed E-state index contributed by atoms with van der Waals surface area (Å²) >= 11 is 6.74. The lowest BCUT2D eigenvalue weighted by Gasteiger charge is -2.03. The van der Waals surface area contributed by atoms with Crippen LogP contribution < -0.4 is 0 Å². The molecule has 0 saturated heterocycles. The van der Waals surface area contributed by atoms with Crippen LogP contribution in [0.3, 0.4) is 0 Å². The van der Waals surface area contributed by atoms with Gasteiger partial charge in [0, 0.05) is 14.5 Å². The third-order valence-corrected chi connectivity index (χ3v) is 3.27. The molecule has 1 nitrogen and oxygen atoms in total. The number of halogens is 2. The van der Waals surface area contributed by atoms with Crippen LogP contribution in [0.4, 0.5) is 0 Å². The molecule has 0 atom stereocenters. The first kappa shape index (κ1) is 9.87. The summed E-state index contributed by atoms with van der Waals surface area (Å²) in [6.07, 6.45) is 0.874. The van der Waals surface area contributed by atoms with Gasteiger partial charge in [-0.3, -0.25) is 4.79 Å². The number of aldehydes is 1. The Morgan fingerprint density at radius 3 is 2.50 bits per heavy atom. The number of hydrogen-bond acceptors (Lipinski definition) is 1. The predicted molar refractivity (Wildman–Crippen MR) is 64.7 cm³/mol. The van der Waals surface area contributed by atoms with Gasteiger partial charge in [-0.1, -0.05) is 44.0 Å². The highest BCUT2D eigenvalue weighted by atomic mass is 79.9. The Morgan fingerprint density at radius 1 is 1.07 bits per heavy atom. The van der Waals surface area contributed by atoms with Gasteiger partial charge in [0.2, 0.25) is 0 Å². The zero-order valence-corrected chi connectivity index (χ0v) is 10.3. The van der Waals surface area contributed by atoms with E-state index in [2.05, 4.69) is 31.9 Å². The maximum atomic E-state index is 10.9. The van der Waals surface area contributed by atoms with Gasteiger partial charge in [-0.15, -0.1) is 0 Å². The molecule has 3 heteroatoms. The fourth-order valence-electron chi connectivity index (χ4n) is 1.41. The van der Waals surface area contributed by atoms with Gasteiger partial charge in [0.1, 0.15) is 0 Å². The van der Waals surface area contributed by atoms with Gasteiger partial charge in [0.15, 0.2) is 6.29 Å². The second kappa shape index (κ2) is 3.83. The van der Waals surface area contributed by atoms with E-state index < -0.39 is 0 Å². The van der Waals surface area contributed by atoms with Crippen LogP contribution in [-0.4, -0.2) is 6.29 Å². The molecular weight excluding hydrogens is 308 g/mol. The quantitative estimate of drug-likeness (QED) is 0.722. The smallest absolute Gasteiger partial charge is 0.151 e. The largest absolute Gasteiger partial charge is 0.298 e. The van der Waals surface area contributed by atoms with Crippen LogP contribution in [0.2, 0.25) is 0 Å². The lowest BCUT2D eigenvalue weighted by atomic mass is 10.1. The van der Waals surface area contributed by atoms with Crippen molar-refractivity contribution in [2.24, 2.45) is 0 Å². The molecule has 0 radical (unpaired) electrons. The molecule has 0 heterocycles. The summed E-state index contributed by atoms with van der Waals surface area (Å²) < 4.78 is 1.81. The average Bonchev–Trinajstić information content (AvgIpc) is 2.17. The molecule has 0 aliphatic heterocycles. The molecule has 0 saturated carbocycles. The molecular formula is C11H6Br2O. The minimum Gasteiger partial charge on any atom is -0.298 e. The summed E-state index contributed by atoms with van der Waals surface area (Å²) in [5.41, 5.74) is 0.698. The third kappa shape index (κ3) is 1.62. The van der Waals surface area contributed by atoms with Gasteiger partial charge in [-0.25, -0.2) is 0 Å². The molecule has 0 spiro atoms. The summed E-state index contributed by atoms with van der Waals surface area (Å²) in [4.78, 5) is 10.9. The molecule has 0 aliphatic rings. The number of hydrogen-bond donors (Lipinski definition) is 0. The maximum absolute atomic E-state index is 10.9. The van der Waals surface area contributed by atoms with Gasteiger partial charge in [0.25, 0.3) is 0 Å². The van der Waals surface area contributed by atoms with Crippen LogP contribution in [0.5, 0.6) is 0 Å². The minimum atomic E-state index is 0.698. The van der Waals surface area contributed by atoms with Crippen LogP contribution >= 0.6 is 31.9 Å². The van der Waals surface area contributed by atoms with Crippen molar-refractivity contribution in [3.63, 3.8) is 0 Å². The van der Waals surface area contributed by atoms with Crippen LogP contribution in [0, 0.1) is 0 Å². The highest BCUT2D eigenvalue weighted by Gasteiger charge is 2.04. The molecule has 0 unspecified atom stereocenters. The molecule has 0 bridgehead atoms. The fraction of sp³-hybridized carbons (Fsp3) is 0. The third-order valence-electron chi connectivity index (χ3n) is 2.09. The normalized spacial score (nSPS) is 10.4. The van der Waals surface area contributed by atoms with E-state index in [-0.39, 0.29) is 0 Å². The number of fused-ring (bicyclic) bond motifs is 1. The number of benzene rings is 2. The zero-order valence-electron chi connectivity index (χ0n) is 7.13. The molecule has 0 N–H and O–H groups in total. The summed E-state index contributed by atoms with van der Waals surface area (Å²) in [7, 11) is 0. The first-order valence-corrected chi connectivity index (χ1v) is 5.64. The molecule has 0 aromatic heterocycles. The number of rotatable bonds is 1. The van der Waals surface area contributed by atoms with E-state index in [1.54, 1.807) is 0 Å². The van der Waals surface area contributed by atoms with Gasteiger partial charge in [-0.05, 0) is 29.0 Å². The summed E-state index contributed by atoms with van der Waals surface area (Å²) in [6.45, 7) is 0. The van der Waals surface area contributed by atoms with Gasteiger partial charge in [-0.2, -0.15) is 0 Å². The van der Waals surface area contributed by atoms with Crippen molar-refractivity contribution in [1.82, 2.24) is 0 Å². The van der Waals surface area contributed by atoms with E-state index in [4.69, 9.17) is 0 Å². The lowest BCUT2D eigenvalue weighted by molar-refractivity contribution is 0.112. The summed E-state index contributed by atoms with van der Waals surface area (Å²) in [6, 6.07) is 9.77. The van der Waals surface area contributed by atoms with E-state index in [0.29, 0.717) is 5.56 Å². The van der Waals surface area contributed by atoms with Crippen LogP contribution in [0.1, 0.15) is 10.4 Å². The fourth-order valence-corrected chi connectivity index (χ4v) is 2.21. The van der Waals surface area contributed by atoms with Crippen molar-refractivity contribution in [3.05, 3.63) is 44.8 Å². The van der Waals surface area contributed by atoms with Gasteiger partial charge >= 0.3 is 0 Å². The Labute approximate surface area is 98.4 Å². The SMILES string of the molecule is O=Cc1c(Br)ccc2ccc(Br)cc12. The first-order valence-electron chi connectivity index (χ1n) is 4.05. The van der Waals surface area contributed by atoms with E-state index in [0.717, 1.165) is 26.0 Å². The second-order valence-corrected chi connectivity index (χ2v) is 4.71. The molecule has 0 amide bonds. The van der Waals surface area contributed by atoms with Crippen LogP contribution in [-0.2, 0) is 0 Å². The maximum Gasteiger partial charge on any atom is 0.151 e. The molecule has 2 rings (SSSR count). The van der Waals surface area contributed by atoms with E-state index in [1.807, 2.05) is 30.3 Å². The van der Waals surface area contributed by atoms with E-state index >= 15 is 0 Å². The highest BCUT2D eigenvalue weighted by molar-refractivity contribution is 9.10. The molecule has 2 aromatic rings. The summed E-state index contributed by atoms with van der Waals surface area (Å²) in [5, 5.41) is 2.03. The molecule has 0 aliphatic carbocycles. The van der Waals surface area contributed by atoms with E-state index in [9.17, 15) is 4.79 Å². The first-order chi connectivity index (χ1) is 6.72. The molecule has 2 aromatic carbocycles. The molecule has 14 heavy (non-hydrogen) atoms. The average molecular weight is 314 g/mol. The minimum absolute atomic E-state index is 0.698. The Bertz CT molecular complexity index is 501. The second-order valence-electron chi connectivity index (χ2n) is 2.94. The van der Waals surface area contributed by atoms with Crippen molar-refractivity contribution >= 4 is 48.9 Å². The highest BCUT2D eigenvalue weighted by Crippen LogP contribution is 2.27. The van der Waals surface area contributed by atoms with E-state index in [1.165, 1.54) is 0 Å². The number of carbonyl (C=O) groups is 1. The van der Waals surface area contributed by atoms with Crippen molar-refractivity contribution in [3.8, 4) is 0 Å². The predicted octanol–water partition coefficient (Wildman–Crippen LogP) is 4.18. The topological polar surface area (TPSA) is 17.1 Å². The molecule has 70 valence electrons. The lowest BCUT2D eigenvalue weighted by Crippen LogP contribution is -1.85. The monoisotopic (exact) mass is 312 g/mol. The van der Waals surface area contributed by atoms with Gasteiger partial charge in [0.05, 0.1) is 0 Å². The Balaban J connectivity index is 2.91. The summed E-state index contributed by atoms with van der Waals surface area (Å²) in [5.74, 6) is 0. The van der Waals surface area contributed by atoms with Crippen molar-refractivity contribution in [1.29, 1.82) is 0 Å². The Kier molecular flexibility index (Phi) is 2.70. The van der Waals surface area contributed by atoms with Crippen LogP contribution in [0.15, 0.2) is 39.3 Å². The standard InChI is InChI=1S/C11H6Br2O/c12-8-3-1-7-2-4-11(13)10(6-14)9(7)5-8/h1-6H. The van der Waals surface area contributed by atoms with Crippen molar-refractivity contribution in [2.45, 2.75) is 0 Å². The Hall–Kier alpha value is -0.670. The van der Waals surface area contributed by atoms with Crippen molar-refractivity contribution < 1.29 is 4.79 Å². The Morgan fingerprint density at radius 2 is 1.79 bits per heavy atom. The number of carbonyl (C=O) groups excluding carboxylic acids is 1.